The molecule has 0 saturated carbocycles. The molecule has 0 aromatic heterocycles. The Hall–Kier alpha value is -0.320. The summed E-state index contributed by atoms with van der Waals surface area (Å²) in [5, 5.41) is -0.649. The van der Waals surface area contributed by atoms with Gasteiger partial charge in [0.15, 0.2) is 0 Å². The van der Waals surface area contributed by atoms with Gasteiger partial charge in [0.2, 0.25) is 6.29 Å². The van der Waals surface area contributed by atoms with E-state index < -0.39 is 17.6 Å². The number of carbonyl (C=O) groups is 1. The summed E-state index contributed by atoms with van der Waals surface area (Å²) in [6, 6.07) is 0. The lowest BCUT2D eigenvalue weighted by Crippen LogP contribution is -2.31. The summed E-state index contributed by atoms with van der Waals surface area (Å²) in [6.45, 7) is 3.13. The highest BCUT2D eigenvalue weighted by atomic mass is 35.5. The average molecular weight is 223 g/mol. The van der Waals surface area contributed by atoms with Crippen molar-refractivity contribution in [2.45, 2.75) is 31.4 Å². The smallest absolute Gasteiger partial charge is 0.326 e. The molecular formula is C9H15ClO4. The zero-order valence-electron chi connectivity index (χ0n) is 8.20. The molecule has 1 heterocycles. The van der Waals surface area contributed by atoms with Crippen molar-refractivity contribution in [2.24, 2.45) is 0 Å². The second kappa shape index (κ2) is 6.22. The monoisotopic (exact) mass is 222 g/mol. The summed E-state index contributed by atoms with van der Waals surface area (Å²) in [7, 11) is 0. The van der Waals surface area contributed by atoms with Crippen LogP contribution in [0.15, 0.2) is 0 Å². The van der Waals surface area contributed by atoms with Gasteiger partial charge in [0, 0.05) is 6.61 Å². The molecule has 82 valence electrons. The Kier molecular flexibility index (Phi) is 5.22. The molecule has 1 aliphatic rings. The minimum Gasteiger partial charge on any atom is -0.432 e. The van der Waals surface area contributed by atoms with Crippen LogP contribution in [0.3, 0.4) is 0 Å². The topological polar surface area (TPSA) is 44.8 Å². The highest BCUT2D eigenvalue weighted by molar-refractivity contribution is 6.29. The number of rotatable bonds is 2. The molecule has 0 radical (unpaired) electrons. The van der Waals surface area contributed by atoms with Crippen molar-refractivity contribution < 1.29 is 19.0 Å². The van der Waals surface area contributed by atoms with E-state index in [-0.39, 0.29) is 6.61 Å². The molecule has 5 heteroatoms. The van der Waals surface area contributed by atoms with Crippen molar-refractivity contribution in [3.05, 3.63) is 0 Å². The van der Waals surface area contributed by atoms with E-state index in [1.54, 1.807) is 6.92 Å². The summed E-state index contributed by atoms with van der Waals surface area (Å²) in [4.78, 5) is 11.1. The molecule has 14 heavy (non-hydrogen) atoms. The molecule has 1 saturated heterocycles. The van der Waals surface area contributed by atoms with Crippen LogP contribution in [0, 0.1) is 0 Å². The van der Waals surface area contributed by atoms with E-state index in [2.05, 4.69) is 0 Å². The fraction of sp³-hybridized carbons (Fsp3) is 0.889. The van der Waals surface area contributed by atoms with Crippen LogP contribution >= 0.6 is 11.6 Å². The van der Waals surface area contributed by atoms with Gasteiger partial charge in [-0.2, -0.15) is 0 Å². The van der Waals surface area contributed by atoms with Gasteiger partial charge in [-0.25, -0.2) is 0 Å². The molecule has 0 N–H and O–H groups in total. The van der Waals surface area contributed by atoms with Crippen molar-refractivity contribution in [2.75, 3.05) is 19.8 Å². The van der Waals surface area contributed by atoms with Gasteiger partial charge in [0.25, 0.3) is 0 Å². The molecule has 0 aromatic carbocycles. The molecule has 0 bridgehead atoms. The van der Waals surface area contributed by atoms with Crippen molar-refractivity contribution >= 4 is 17.6 Å². The third-order valence-corrected chi connectivity index (χ3v) is 1.99. The van der Waals surface area contributed by atoms with Gasteiger partial charge in [-0.05, 0) is 19.8 Å². The Balaban J connectivity index is 2.30. The standard InChI is InChI=1S/C9H15ClO4/c1-7(10)9(11)14-8-6-12-4-2-3-5-13-8/h7-8H,2-6H2,1H3. The largest absolute Gasteiger partial charge is 0.432 e. The Morgan fingerprint density at radius 3 is 2.93 bits per heavy atom. The van der Waals surface area contributed by atoms with Gasteiger partial charge in [0.1, 0.15) is 12.0 Å². The molecule has 4 nitrogen and oxygen atoms in total. The number of hydrogen-bond acceptors (Lipinski definition) is 4. The van der Waals surface area contributed by atoms with Crippen LogP contribution < -0.4 is 0 Å². The predicted molar refractivity (Wildman–Crippen MR) is 51.2 cm³/mol. The SMILES string of the molecule is CC(Cl)C(=O)OC1COCCCCO1. The Labute approximate surface area is 88.5 Å². The first-order chi connectivity index (χ1) is 6.70. The number of hydrogen-bond donors (Lipinski definition) is 0. The molecular weight excluding hydrogens is 208 g/mol. The minimum atomic E-state index is -0.649. The summed E-state index contributed by atoms with van der Waals surface area (Å²) < 4.78 is 15.5. The van der Waals surface area contributed by atoms with Crippen LogP contribution in [0.1, 0.15) is 19.8 Å². The quantitative estimate of drug-likeness (QED) is 0.522. The second-order valence-electron chi connectivity index (χ2n) is 3.14. The second-order valence-corrected chi connectivity index (χ2v) is 3.79. The van der Waals surface area contributed by atoms with Crippen LogP contribution in [-0.4, -0.2) is 37.5 Å². The Morgan fingerprint density at radius 1 is 1.50 bits per heavy atom. The van der Waals surface area contributed by atoms with Crippen LogP contribution in [-0.2, 0) is 19.0 Å². The van der Waals surface area contributed by atoms with Gasteiger partial charge >= 0.3 is 5.97 Å². The van der Waals surface area contributed by atoms with E-state index in [9.17, 15) is 4.79 Å². The zero-order valence-corrected chi connectivity index (χ0v) is 8.96. The van der Waals surface area contributed by atoms with Crippen LogP contribution in [0.4, 0.5) is 0 Å². The van der Waals surface area contributed by atoms with E-state index in [0.29, 0.717) is 13.2 Å². The van der Waals surface area contributed by atoms with E-state index in [1.807, 2.05) is 0 Å². The van der Waals surface area contributed by atoms with Gasteiger partial charge in [0.05, 0.1) is 6.61 Å². The predicted octanol–water partition coefficient (Wildman–Crippen LogP) is 1.31. The highest BCUT2D eigenvalue weighted by Crippen LogP contribution is 2.07. The fourth-order valence-corrected chi connectivity index (χ4v) is 1.09. The van der Waals surface area contributed by atoms with E-state index in [0.717, 1.165) is 12.8 Å². The normalized spacial score (nSPS) is 26.0. The van der Waals surface area contributed by atoms with Crippen molar-refractivity contribution in [1.29, 1.82) is 0 Å². The molecule has 1 fully saturated rings. The first-order valence-electron chi connectivity index (χ1n) is 4.74. The molecule has 2 unspecified atom stereocenters. The van der Waals surface area contributed by atoms with E-state index in [4.69, 9.17) is 25.8 Å². The molecule has 0 aliphatic carbocycles. The number of carbonyl (C=O) groups excluding carboxylic acids is 1. The molecule has 0 spiro atoms. The third-order valence-electron chi connectivity index (χ3n) is 1.81. The number of ether oxygens (including phenoxy) is 3. The maximum atomic E-state index is 11.1. The lowest BCUT2D eigenvalue weighted by molar-refractivity contribution is -0.194. The fourth-order valence-electron chi connectivity index (χ4n) is 1.04. The summed E-state index contributed by atoms with van der Waals surface area (Å²) >= 11 is 5.55. The number of esters is 1. The van der Waals surface area contributed by atoms with Gasteiger partial charge < -0.3 is 14.2 Å². The van der Waals surface area contributed by atoms with Crippen molar-refractivity contribution in [3.63, 3.8) is 0 Å². The number of alkyl halides is 1. The molecule has 1 aliphatic heterocycles. The summed E-state index contributed by atoms with van der Waals surface area (Å²) in [5.74, 6) is -0.471. The highest BCUT2D eigenvalue weighted by Gasteiger charge is 2.19. The van der Waals surface area contributed by atoms with Gasteiger partial charge in [-0.1, -0.05) is 0 Å². The van der Waals surface area contributed by atoms with Gasteiger partial charge in [-0.15, -0.1) is 11.6 Å². The molecule has 0 aromatic rings. The van der Waals surface area contributed by atoms with Crippen molar-refractivity contribution in [3.8, 4) is 0 Å². The van der Waals surface area contributed by atoms with E-state index >= 15 is 0 Å². The Bertz CT molecular complexity index is 176. The van der Waals surface area contributed by atoms with Crippen molar-refractivity contribution in [1.82, 2.24) is 0 Å². The first kappa shape index (κ1) is 11.8. The lowest BCUT2D eigenvalue weighted by atomic mass is 10.3. The van der Waals surface area contributed by atoms with Crippen LogP contribution in [0.25, 0.3) is 0 Å². The molecule has 1 rings (SSSR count). The minimum absolute atomic E-state index is 0.287. The number of halogens is 1. The lowest BCUT2D eigenvalue weighted by Gasteiger charge is -2.21. The van der Waals surface area contributed by atoms with Crippen LogP contribution in [0.2, 0.25) is 0 Å². The zero-order chi connectivity index (χ0) is 10.4. The maximum Gasteiger partial charge on any atom is 0.326 e. The Morgan fingerprint density at radius 2 is 2.21 bits per heavy atom. The molecule has 0 amide bonds. The maximum absolute atomic E-state index is 11.1. The van der Waals surface area contributed by atoms with Gasteiger partial charge in [-0.3, -0.25) is 4.79 Å². The van der Waals surface area contributed by atoms with Crippen LogP contribution in [0.5, 0.6) is 0 Å². The first-order valence-corrected chi connectivity index (χ1v) is 5.17. The summed E-state index contributed by atoms with van der Waals surface area (Å²) in [6.07, 6.45) is 1.29. The average Bonchev–Trinajstić information content (AvgIpc) is 2.08. The molecule has 2 atom stereocenters. The van der Waals surface area contributed by atoms with E-state index in [1.165, 1.54) is 0 Å². The summed E-state index contributed by atoms with van der Waals surface area (Å²) in [5.41, 5.74) is 0. The third kappa shape index (κ3) is 4.26.